The Hall–Kier alpha value is -2.76. The number of carbonyl (C=O) groups excluding carboxylic acids is 2. The van der Waals surface area contributed by atoms with Gasteiger partial charge in [-0.05, 0) is 47.5 Å². The van der Waals surface area contributed by atoms with Gasteiger partial charge in [0.05, 0.1) is 0 Å². The van der Waals surface area contributed by atoms with Gasteiger partial charge in [-0.1, -0.05) is 65.8 Å². The first-order valence-corrected chi connectivity index (χ1v) is 11.3. The van der Waals surface area contributed by atoms with Crippen molar-refractivity contribution in [2.24, 2.45) is 0 Å². The Morgan fingerprint density at radius 2 is 1.58 bits per heavy atom. The van der Waals surface area contributed by atoms with Crippen LogP contribution in [0, 0.1) is 0 Å². The highest BCUT2D eigenvalue weighted by Gasteiger charge is 2.31. The van der Waals surface area contributed by atoms with E-state index in [0.717, 1.165) is 22.6 Å². The summed E-state index contributed by atoms with van der Waals surface area (Å²) in [6.07, 6.45) is 0.738. The van der Waals surface area contributed by atoms with Crippen molar-refractivity contribution in [2.75, 3.05) is 6.54 Å². The van der Waals surface area contributed by atoms with Gasteiger partial charge in [-0.15, -0.1) is 0 Å². The standard InChI is InChI=1S/C25H22ClNO3S/c26-20-10-6-18(7-11-20)14-25(29)31-23-15-24(28)27(17-23)16-19-8-12-22(13-9-19)30-21-4-2-1-3-5-21/h1-13,23H,14-17H2. The maximum atomic E-state index is 12.4. The highest BCUT2D eigenvalue weighted by Crippen LogP contribution is 2.28. The van der Waals surface area contributed by atoms with Crippen molar-refractivity contribution in [2.45, 2.75) is 24.6 Å². The van der Waals surface area contributed by atoms with Gasteiger partial charge in [0.15, 0.2) is 5.12 Å². The van der Waals surface area contributed by atoms with E-state index >= 15 is 0 Å². The van der Waals surface area contributed by atoms with Crippen LogP contribution in [0.1, 0.15) is 17.5 Å². The fourth-order valence-electron chi connectivity index (χ4n) is 3.47. The Balaban J connectivity index is 1.28. The number of likely N-dealkylation sites (tertiary alicyclic amines) is 1. The molecule has 1 amide bonds. The SMILES string of the molecule is O=C(Cc1ccc(Cl)cc1)SC1CC(=O)N(Cc2ccc(Oc3ccccc3)cc2)C1. The minimum atomic E-state index is -0.00649. The largest absolute Gasteiger partial charge is 0.457 e. The summed E-state index contributed by atoms with van der Waals surface area (Å²) in [5.41, 5.74) is 1.97. The van der Waals surface area contributed by atoms with Crippen LogP contribution >= 0.6 is 23.4 Å². The molecule has 1 saturated heterocycles. The van der Waals surface area contributed by atoms with Gasteiger partial charge in [0.1, 0.15) is 11.5 Å². The lowest BCUT2D eigenvalue weighted by molar-refractivity contribution is -0.128. The number of hydrogen-bond acceptors (Lipinski definition) is 4. The smallest absolute Gasteiger partial charge is 0.224 e. The summed E-state index contributed by atoms with van der Waals surface area (Å²) in [4.78, 5) is 26.7. The minimum absolute atomic E-state index is 0.00649. The van der Waals surface area contributed by atoms with E-state index in [1.165, 1.54) is 11.8 Å². The second-order valence-electron chi connectivity index (χ2n) is 7.45. The molecule has 1 atom stereocenters. The van der Waals surface area contributed by atoms with E-state index < -0.39 is 0 Å². The fourth-order valence-corrected chi connectivity index (χ4v) is 4.70. The zero-order chi connectivity index (χ0) is 21.6. The Morgan fingerprint density at radius 1 is 0.935 bits per heavy atom. The second-order valence-corrected chi connectivity index (χ2v) is 9.25. The summed E-state index contributed by atoms with van der Waals surface area (Å²) in [5, 5.41) is 0.720. The van der Waals surface area contributed by atoms with Crippen LogP contribution < -0.4 is 4.74 Å². The lowest BCUT2D eigenvalue weighted by atomic mass is 10.2. The number of carbonyl (C=O) groups is 2. The average molecular weight is 452 g/mol. The molecule has 1 fully saturated rings. The molecule has 6 heteroatoms. The Kier molecular flexibility index (Phi) is 6.95. The third kappa shape index (κ3) is 6.12. The van der Waals surface area contributed by atoms with Crippen LogP contribution in [0.4, 0.5) is 0 Å². The molecule has 1 unspecified atom stereocenters. The van der Waals surface area contributed by atoms with Gasteiger partial charge in [0, 0.05) is 36.2 Å². The first kappa shape index (κ1) is 21.5. The third-order valence-corrected chi connectivity index (χ3v) is 6.32. The molecule has 158 valence electrons. The van der Waals surface area contributed by atoms with Crippen LogP contribution in [-0.4, -0.2) is 27.7 Å². The van der Waals surface area contributed by atoms with Crippen LogP contribution in [0.2, 0.25) is 5.02 Å². The highest BCUT2D eigenvalue weighted by molar-refractivity contribution is 8.14. The first-order valence-electron chi connectivity index (χ1n) is 10.1. The number of benzene rings is 3. The predicted molar refractivity (Wildman–Crippen MR) is 125 cm³/mol. The zero-order valence-electron chi connectivity index (χ0n) is 16.9. The molecule has 0 bridgehead atoms. The van der Waals surface area contributed by atoms with Gasteiger partial charge >= 0.3 is 0 Å². The summed E-state index contributed by atoms with van der Waals surface area (Å²) in [6, 6.07) is 24.7. The third-order valence-electron chi connectivity index (χ3n) is 5.01. The molecule has 0 saturated carbocycles. The van der Waals surface area contributed by atoms with E-state index in [4.69, 9.17) is 16.3 Å². The highest BCUT2D eigenvalue weighted by atomic mass is 35.5. The van der Waals surface area contributed by atoms with Crippen LogP contribution in [0.15, 0.2) is 78.9 Å². The van der Waals surface area contributed by atoms with Crippen LogP contribution in [0.25, 0.3) is 0 Å². The van der Waals surface area contributed by atoms with E-state index in [0.29, 0.717) is 31.0 Å². The van der Waals surface area contributed by atoms with Crippen molar-refractivity contribution in [3.8, 4) is 11.5 Å². The van der Waals surface area contributed by atoms with Crippen molar-refractivity contribution in [1.82, 2.24) is 4.90 Å². The molecule has 0 radical (unpaired) electrons. The molecule has 0 aromatic heterocycles. The van der Waals surface area contributed by atoms with Crippen molar-refractivity contribution in [1.29, 1.82) is 0 Å². The molecule has 1 aliphatic heterocycles. The molecule has 31 heavy (non-hydrogen) atoms. The molecule has 3 aromatic carbocycles. The second kappa shape index (κ2) is 10.0. The van der Waals surface area contributed by atoms with Gasteiger partial charge < -0.3 is 9.64 Å². The van der Waals surface area contributed by atoms with Gasteiger partial charge in [-0.25, -0.2) is 0 Å². The monoisotopic (exact) mass is 451 g/mol. The molecule has 0 aliphatic carbocycles. The van der Waals surface area contributed by atoms with Crippen molar-refractivity contribution < 1.29 is 14.3 Å². The maximum Gasteiger partial charge on any atom is 0.224 e. The topological polar surface area (TPSA) is 46.6 Å². The lowest BCUT2D eigenvalue weighted by Gasteiger charge is -2.17. The molecular formula is C25H22ClNO3S. The van der Waals surface area contributed by atoms with Gasteiger partial charge in [0.25, 0.3) is 0 Å². The Labute approximate surface area is 191 Å². The van der Waals surface area contributed by atoms with E-state index in [1.54, 1.807) is 12.1 Å². The number of rotatable bonds is 7. The number of para-hydroxylation sites is 1. The predicted octanol–water partition coefficient (Wildman–Crippen LogP) is 5.74. The van der Waals surface area contributed by atoms with Crippen LogP contribution in [0.5, 0.6) is 11.5 Å². The Morgan fingerprint density at radius 3 is 2.29 bits per heavy atom. The van der Waals surface area contributed by atoms with Crippen LogP contribution in [-0.2, 0) is 22.6 Å². The van der Waals surface area contributed by atoms with Crippen LogP contribution in [0.3, 0.4) is 0 Å². The van der Waals surface area contributed by atoms with Crippen molar-refractivity contribution >= 4 is 34.4 Å². The number of amides is 1. The number of hydrogen-bond donors (Lipinski definition) is 0. The van der Waals surface area contributed by atoms with E-state index in [1.807, 2.05) is 71.6 Å². The number of halogens is 1. The maximum absolute atomic E-state index is 12.4. The summed E-state index contributed by atoms with van der Waals surface area (Å²) in [5.74, 6) is 1.62. The van der Waals surface area contributed by atoms with Gasteiger partial charge in [0.2, 0.25) is 5.91 Å². The normalized spacial score (nSPS) is 15.8. The minimum Gasteiger partial charge on any atom is -0.457 e. The Bertz CT molecular complexity index is 1040. The molecule has 4 rings (SSSR count). The molecule has 0 N–H and O–H groups in total. The van der Waals surface area contributed by atoms with E-state index in [9.17, 15) is 9.59 Å². The molecule has 1 aliphatic rings. The number of nitrogens with zero attached hydrogens (tertiary/aromatic N) is 1. The lowest BCUT2D eigenvalue weighted by Crippen LogP contribution is -2.25. The average Bonchev–Trinajstić information content (AvgIpc) is 3.10. The van der Waals surface area contributed by atoms with Gasteiger partial charge in [-0.3, -0.25) is 9.59 Å². The zero-order valence-corrected chi connectivity index (χ0v) is 18.4. The first-order chi connectivity index (χ1) is 15.0. The molecule has 0 spiro atoms. The number of ether oxygens (including phenoxy) is 1. The molecule has 4 nitrogen and oxygen atoms in total. The summed E-state index contributed by atoms with van der Waals surface area (Å²) >= 11 is 7.16. The number of thioether (sulfide) groups is 1. The summed E-state index contributed by atoms with van der Waals surface area (Å²) < 4.78 is 5.81. The van der Waals surface area contributed by atoms with Crippen molar-refractivity contribution in [3.05, 3.63) is 95.0 Å². The van der Waals surface area contributed by atoms with E-state index in [-0.39, 0.29) is 16.3 Å². The quantitative estimate of drug-likeness (QED) is 0.459. The molecule has 1 heterocycles. The van der Waals surface area contributed by atoms with Gasteiger partial charge in [-0.2, -0.15) is 0 Å². The molecular weight excluding hydrogens is 430 g/mol. The summed E-state index contributed by atoms with van der Waals surface area (Å²) in [7, 11) is 0. The van der Waals surface area contributed by atoms with E-state index in [2.05, 4.69) is 0 Å². The molecule has 3 aromatic rings. The fraction of sp³-hybridized carbons (Fsp3) is 0.200. The van der Waals surface area contributed by atoms with Crippen molar-refractivity contribution in [3.63, 3.8) is 0 Å². The summed E-state index contributed by atoms with van der Waals surface area (Å²) in [6.45, 7) is 1.12.